The van der Waals surface area contributed by atoms with Gasteiger partial charge in [-0.1, -0.05) is 0 Å². The Morgan fingerprint density at radius 3 is 2.80 bits per heavy atom. The number of carbonyl (C=O) groups excluding carboxylic acids is 1. The van der Waals surface area contributed by atoms with Crippen molar-refractivity contribution in [3.63, 3.8) is 0 Å². The fourth-order valence-electron chi connectivity index (χ4n) is 1.03. The van der Waals surface area contributed by atoms with Gasteiger partial charge in [-0.25, -0.2) is 4.98 Å². The summed E-state index contributed by atoms with van der Waals surface area (Å²) < 4.78 is 13.0. The first-order valence-corrected chi connectivity index (χ1v) is 4.10. The number of aromatic nitrogens is 1. The zero-order chi connectivity index (χ0) is 11.4. The SMILES string of the molecule is CN(CC(=O)O)C(=O)c1cccnc1F. The number of hydrogen-bond donors (Lipinski definition) is 1. The number of pyridine rings is 1. The molecule has 0 radical (unpaired) electrons. The van der Waals surface area contributed by atoms with Gasteiger partial charge in [0.25, 0.3) is 5.91 Å². The lowest BCUT2D eigenvalue weighted by atomic mass is 10.2. The number of halogens is 1. The van der Waals surface area contributed by atoms with E-state index in [0.29, 0.717) is 0 Å². The third kappa shape index (κ3) is 2.73. The van der Waals surface area contributed by atoms with Crippen LogP contribution in [0.25, 0.3) is 0 Å². The van der Waals surface area contributed by atoms with Crippen LogP contribution in [-0.2, 0) is 4.79 Å². The van der Waals surface area contributed by atoms with Gasteiger partial charge in [-0.2, -0.15) is 4.39 Å². The van der Waals surface area contributed by atoms with Crippen molar-refractivity contribution in [2.75, 3.05) is 13.6 Å². The van der Waals surface area contributed by atoms with Crippen LogP contribution < -0.4 is 0 Å². The van der Waals surface area contributed by atoms with E-state index in [9.17, 15) is 14.0 Å². The summed E-state index contributed by atoms with van der Waals surface area (Å²) in [6, 6.07) is 2.66. The molecule has 1 heterocycles. The van der Waals surface area contributed by atoms with E-state index in [1.165, 1.54) is 25.4 Å². The standard InChI is InChI=1S/C9H9FN2O3/c1-12(5-7(13)14)9(15)6-3-2-4-11-8(6)10/h2-4H,5H2,1H3,(H,13,14). The lowest BCUT2D eigenvalue weighted by Crippen LogP contribution is -2.32. The van der Waals surface area contributed by atoms with E-state index in [2.05, 4.69) is 4.98 Å². The Hall–Kier alpha value is -1.98. The van der Waals surface area contributed by atoms with Gasteiger partial charge >= 0.3 is 5.97 Å². The molecule has 0 spiro atoms. The lowest BCUT2D eigenvalue weighted by molar-refractivity contribution is -0.137. The number of carbonyl (C=O) groups is 2. The monoisotopic (exact) mass is 212 g/mol. The highest BCUT2D eigenvalue weighted by atomic mass is 19.1. The molecule has 1 N–H and O–H groups in total. The molecule has 15 heavy (non-hydrogen) atoms. The summed E-state index contributed by atoms with van der Waals surface area (Å²) in [6.07, 6.45) is 1.21. The van der Waals surface area contributed by atoms with E-state index in [0.717, 1.165) is 4.90 Å². The molecule has 0 aliphatic rings. The van der Waals surface area contributed by atoms with Crippen molar-refractivity contribution in [2.45, 2.75) is 0 Å². The van der Waals surface area contributed by atoms with Crippen LogP contribution in [0.2, 0.25) is 0 Å². The summed E-state index contributed by atoms with van der Waals surface area (Å²) in [5.74, 6) is -2.77. The van der Waals surface area contributed by atoms with Crippen LogP contribution in [-0.4, -0.2) is 40.5 Å². The number of carboxylic acid groups (broad SMARTS) is 1. The first-order valence-electron chi connectivity index (χ1n) is 4.10. The smallest absolute Gasteiger partial charge is 0.323 e. The number of nitrogens with zero attached hydrogens (tertiary/aromatic N) is 2. The quantitative estimate of drug-likeness (QED) is 0.735. The van der Waals surface area contributed by atoms with Crippen LogP contribution in [0.1, 0.15) is 10.4 Å². The summed E-state index contributed by atoms with van der Waals surface area (Å²) in [5, 5.41) is 8.45. The van der Waals surface area contributed by atoms with E-state index in [4.69, 9.17) is 5.11 Å². The Morgan fingerprint density at radius 1 is 1.60 bits per heavy atom. The topological polar surface area (TPSA) is 70.5 Å². The minimum Gasteiger partial charge on any atom is -0.480 e. The lowest BCUT2D eigenvalue weighted by Gasteiger charge is -2.14. The maximum atomic E-state index is 13.0. The summed E-state index contributed by atoms with van der Waals surface area (Å²) >= 11 is 0. The molecule has 0 aliphatic heterocycles. The molecule has 1 amide bonds. The highest BCUT2D eigenvalue weighted by Gasteiger charge is 2.18. The Kier molecular flexibility index (Phi) is 3.33. The molecule has 0 unspecified atom stereocenters. The molecular formula is C9H9FN2O3. The molecule has 0 bridgehead atoms. The first-order chi connectivity index (χ1) is 7.02. The molecule has 5 nitrogen and oxygen atoms in total. The number of amides is 1. The maximum absolute atomic E-state index is 13.0. The van der Waals surface area contributed by atoms with E-state index in [1.807, 2.05) is 0 Å². The number of rotatable bonds is 3. The highest BCUT2D eigenvalue weighted by Crippen LogP contribution is 2.06. The third-order valence-electron chi connectivity index (χ3n) is 1.71. The molecule has 80 valence electrons. The normalized spacial score (nSPS) is 9.73. The van der Waals surface area contributed by atoms with Crippen molar-refractivity contribution in [1.82, 2.24) is 9.88 Å². The predicted octanol–water partition coefficient (Wildman–Crippen LogP) is 0.377. The summed E-state index contributed by atoms with van der Waals surface area (Å²) in [5.41, 5.74) is -0.235. The van der Waals surface area contributed by atoms with Crippen LogP contribution in [0, 0.1) is 5.95 Å². The minimum absolute atomic E-state index is 0.235. The van der Waals surface area contributed by atoms with E-state index < -0.39 is 24.4 Å². The largest absolute Gasteiger partial charge is 0.480 e. The fraction of sp³-hybridized carbons (Fsp3) is 0.222. The average molecular weight is 212 g/mol. The highest BCUT2D eigenvalue weighted by molar-refractivity contribution is 5.95. The van der Waals surface area contributed by atoms with Crippen molar-refractivity contribution in [1.29, 1.82) is 0 Å². The summed E-state index contributed by atoms with van der Waals surface area (Å²) in [4.78, 5) is 26.0. The zero-order valence-electron chi connectivity index (χ0n) is 7.98. The molecule has 6 heteroatoms. The van der Waals surface area contributed by atoms with Gasteiger partial charge in [0.1, 0.15) is 6.54 Å². The van der Waals surface area contributed by atoms with Gasteiger partial charge in [0.15, 0.2) is 0 Å². The third-order valence-corrected chi connectivity index (χ3v) is 1.71. The van der Waals surface area contributed by atoms with Gasteiger partial charge in [0.05, 0.1) is 5.56 Å². The fourth-order valence-corrected chi connectivity index (χ4v) is 1.03. The summed E-state index contributed by atoms with van der Waals surface area (Å²) in [7, 11) is 1.28. The molecule has 0 aliphatic carbocycles. The van der Waals surface area contributed by atoms with Crippen LogP contribution in [0.15, 0.2) is 18.3 Å². The van der Waals surface area contributed by atoms with Crippen molar-refractivity contribution >= 4 is 11.9 Å². The first kappa shape index (κ1) is 11.1. The van der Waals surface area contributed by atoms with Gasteiger partial charge < -0.3 is 10.0 Å². The molecule has 0 saturated heterocycles. The van der Waals surface area contributed by atoms with Gasteiger partial charge in [-0.15, -0.1) is 0 Å². The minimum atomic E-state index is -1.16. The zero-order valence-corrected chi connectivity index (χ0v) is 7.98. The number of carboxylic acids is 1. The van der Waals surface area contributed by atoms with Gasteiger partial charge in [0, 0.05) is 13.2 Å². The van der Waals surface area contributed by atoms with E-state index >= 15 is 0 Å². The number of hydrogen-bond acceptors (Lipinski definition) is 3. The van der Waals surface area contributed by atoms with Crippen molar-refractivity contribution in [3.8, 4) is 0 Å². The van der Waals surface area contributed by atoms with Crippen molar-refractivity contribution in [2.24, 2.45) is 0 Å². The Morgan fingerprint density at radius 2 is 2.27 bits per heavy atom. The predicted molar refractivity (Wildman–Crippen MR) is 48.8 cm³/mol. The van der Waals surface area contributed by atoms with Gasteiger partial charge in [0.2, 0.25) is 5.95 Å². The molecule has 1 aromatic rings. The number of likely N-dealkylation sites (N-methyl/N-ethyl adjacent to an activating group) is 1. The second-order valence-corrected chi connectivity index (χ2v) is 2.90. The number of aliphatic carboxylic acids is 1. The molecule has 1 aromatic heterocycles. The Balaban J connectivity index is 2.85. The van der Waals surface area contributed by atoms with Crippen LogP contribution in [0.3, 0.4) is 0 Å². The molecular weight excluding hydrogens is 203 g/mol. The summed E-state index contributed by atoms with van der Waals surface area (Å²) in [6.45, 7) is -0.479. The molecule has 0 atom stereocenters. The van der Waals surface area contributed by atoms with E-state index in [-0.39, 0.29) is 5.56 Å². The Labute approximate surface area is 85.2 Å². The molecule has 1 rings (SSSR count). The van der Waals surface area contributed by atoms with Crippen LogP contribution in [0.5, 0.6) is 0 Å². The van der Waals surface area contributed by atoms with E-state index in [1.54, 1.807) is 0 Å². The maximum Gasteiger partial charge on any atom is 0.323 e. The van der Waals surface area contributed by atoms with Crippen LogP contribution in [0.4, 0.5) is 4.39 Å². The molecule has 0 fully saturated rings. The Bertz CT molecular complexity index is 395. The molecule has 0 saturated carbocycles. The second-order valence-electron chi connectivity index (χ2n) is 2.90. The van der Waals surface area contributed by atoms with Crippen LogP contribution >= 0.6 is 0 Å². The van der Waals surface area contributed by atoms with Gasteiger partial charge in [-0.05, 0) is 12.1 Å². The van der Waals surface area contributed by atoms with Gasteiger partial charge in [-0.3, -0.25) is 9.59 Å². The molecule has 0 aromatic carbocycles. The van der Waals surface area contributed by atoms with Crippen molar-refractivity contribution in [3.05, 3.63) is 29.8 Å². The average Bonchev–Trinajstić information content (AvgIpc) is 2.16. The second kappa shape index (κ2) is 4.50. The van der Waals surface area contributed by atoms with Crippen molar-refractivity contribution < 1.29 is 19.1 Å².